The molecule has 0 unspecified atom stereocenters. The van der Waals surface area contributed by atoms with Crippen molar-refractivity contribution in [1.82, 2.24) is 4.90 Å². The summed E-state index contributed by atoms with van der Waals surface area (Å²) in [6, 6.07) is 18.2. The quantitative estimate of drug-likeness (QED) is 0.855. The molecule has 27 heavy (non-hydrogen) atoms. The van der Waals surface area contributed by atoms with E-state index in [9.17, 15) is 4.79 Å². The standard InChI is InChI=1S/C23H30N2O2/c1-22(2,3)21(26)24-19-10-12-20(13-11-19)27-23(14-16-25(4)17-15-23)18-8-6-5-7-9-18/h5-13H,14-17H2,1-4H3,(H,24,26). The van der Waals surface area contributed by atoms with Crippen LogP contribution in [0.15, 0.2) is 54.6 Å². The summed E-state index contributed by atoms with van der Waals surface area (Å²) in [5, 5.41) is 2.96. The van der Waals surface area contributed by atoms with Crippen LogP contribution in [0, 0.1) is 5.41 Å². The summed E-state index contributed by atoms with van der Waals surface area (Å²) in [6.07, 6.45) is 1.91. The van der Waals surface area contributed by atoms with Gasteiger partial charge in [0, 0.05) is 37.0 Å². The van der Waals surface area contributed by atoms with Gasteiger partial charge in [0.15, 0.2) is 0 Å². The van der Waals surface area contributed by atoms with Crippen molar-refractivity contribution in [2.75, 3.05) is 25.5 Å². The number of amides is 1. The predicted molar refractivity (Wildman–Crippen MR) is 110 cm³/mol. The lowest BCUT2D eigenvalue weighted by Crippen LogP contribution is -2.44. The van der Waals surface area contributed by atoms with Crippen molar-refractivity contribution in [3.63, 3.8) is 0 Å². The maximum absolute atomic E-state index is 12.2. The minimum atomic E-state index is -0.416. The number of carbonyl (C=O) groups excluding carboxylic acids is 1. The van der Waals surface area contributed by atoms with Crippen molar-refractivity contribution < 1.29 is 9.53 Å². The van der Waals surface area contributed by atoms with Crippen LogP contribution in [-0.2, 0) is 10.4 Å². The number of likely N-dealkylation sites (tertiary alicyclic amines) is 1. The molecule has 0 spiro atoms. The third-order valence-corrected chi connectivity index (χ3v) is 5.20. The summed E-state index contributed by atoms with van der Waals surface area (Å²) in [5.41, 5.74) is 1.30. The summed E-state index contributed by atoms with van der Waals surface area (Å²) in [6.45, 7) is 7.74. The van der Waals surface area contributed by atoms with Gasteiger partial charge in [-0.15, -0.1) is 0 Å². The Bertz CT molecular complexity index is 755. The highest BCUT2D eigenvalue weighted by Crippen LogP contribution is 2.37. The highest BCUT2D eigenvalue weighted by molar-refractivity contribution is 5.94. The number of nitrogens with zero attached hydrogens (tertiary/aromatic N) is 1. The second-order valence-electron chi connectivity index (χ2n) is 8.49. The molecule has 1 amide bonds. The Labute approximate surface area is 162 Å². The van der Waals surface area contributed by atoms with E-state index in [2.05, 4.69) is 41.5 Å². The summed E-state index contributed by atoms with van der Waals surface area (Å²) >= 11 is 0. The van der Waals surface area contributed by atoms with Gasteiger partial charge in [-0.2, -0.15) is 0 Å². The molecular formula is C23H30N2O2. The van der Waals surface area contributed by atoms with Crippen LogP contribution < -0.4 is 10.1 Å². The molecule has 0 aliphatic carbocycles. The zero-order chi connectivity index (χ0) is 19.5. The molecule has 144 valence electrons. The number of ether oxygens (including phenoxy) is 1. The van der Waals surface area contributed by atoms with Gasteiger partial charge in [-0.1, -0.05) is 51.1 Å². The first-order valence-electron chi connectivity index (χ1n) is 9.63. The van der Waals surface area contributed by atoms with E-state index in [1.54, 1.807) is 0 Å². The molecule has 1 saturated heterocycles. The van der Waals surface area contributed by atoms with Gasteiger partial charge in [0.1, 0.15) is 11.4 Å². The first-order chi connectivity index (χ1) is 12.8. The Balaban J connectivity index is 1.78. The topological polar surface area (TPSA) is 41.6 Å². The summed E-state index contributed by atoms with van der Waals surface area (Å²) < 4.78 is 6.57. The smallest absolute Gasteiger partial charge is 0.229 e. The van der Waals surface area contributed by atoms with Crippen molar-refractivity contribution in [2.45, 2.75) is 39.2 Å². The molecule has 1 heterocycles. The van der Waals surface area contributed by atoms with E-state index < -0.39 is 5.41 Å². The van der Waals surface area contributed by atoms with Gasteiger partial charge >= 0.3 is 0 Å². The highest BCUT2D eigenvalue weighted by Gasteiger charge is 2.37. The average molecular weight is 367 g/mol. The molecular weight excluding hydrogens is 336 g/mol. The minimum Gasteiger partial charge on any atom is -0.482 e. The number of hydrogen-bond acceptors (Lipinski definition) is 3. The van der Waals surface area contributed by atoms with Crippen molar-refractivity contribution in [2.24, 2.45) is 5.41 Å². The molecule has 0 saturated carbocycles. The Morgan fingerprint density at radius 3 is 2.15 bits per heavy atom. The Morgan fingerprint density at radius 1 is 1.00 bits per heavy atom. The Morgan fingerprint density at radius 2 is 1.59 bits per heavy atom. The molecule has 0 aromatic heterocycles. The fourth-order valence-electron chi connectivity index (χ4n) is 3.32. The fourth-order valence-corrected chi connectivity index (χ4v) is 3.32. The van der Waals surface area contributed by atoms with E-state index in [1.807, 2.05) is 51.1 Å². The van der Waals surface area contributed by atoms with Crippen molar-refractivity contribution in [1.29, 1.82) is 0 Å². The molecule has 2 aromatic carbocycles. The van der Waals surface area contributed by atoms with Crippen LogP contribution >= 0.6 is 0 Å². The van der Waals surface area contributed by atoms with Crippen molar-refractivity contribution >= 4 is 11.6 Å². The van der Waals surface area contributed by atoms with Gasteiger partial charge in [0.25, 0.3) is 0 Å². The van der Waals surface area contributed by atoms with Crippen LogP contribution in [0.1, 0.15) is 39.2 Å². The lowest BCUT2D eigenvalue weighted by Gasteiger charge is -2.41. The van der Waals surface area contributed by atoms with E-state index in [1.165, 1.54) is 5.56 Å². The Kier molecular flexibility index (Phi) is 5.56. The third kappa shape index (κ3) is 4.69. The zero-order valence-electron chi connectivity index (χ0n) is 16.8. The molecule has 3 rings (SSSR count). The highest BCUT2D eigenvalue weighted by atomic mass is 16.5. The SMILES string of the molecule is CN1CCC(Oc2ccc(NC(=O)C(C)(C)C)cc2)(c2ccccc2)CC1. The van der Waals surface area contributed by atoms with Gasteiger partial charge < -0.3 is 15.0 Å². The second kappa shape index (κ2) is 7.73. The van der Waals surface area contributed by atoms with Crippen LogP contribution in [0.4, 0.5) is 5.69 Å². The van der Waals surface area contributed by atoms with Gasteiger partial charge in [-0.25, -0.2) is 0 Å². The van der Waals surface area contributed by atoms with E-state index >= 15 is 0 Å². The van der Waals surface area contributed by atoms with Gasteiger partial charge in [0.2, 0.25) is 5.91 Å². The van der Waals surface area contributed by atoms with Crippen molar-refractivity contribution in [3.8, 4) is 5.75 Å². The van der Waals surface area contributed by atoms with Crippen LogP contribution in [0.3, 0.4) is 0 Å². The summed E-state index contributed by atoms with van der Waals surface area (Å²) in [4.78, 5) is 14.5. The molecule has 0 radical (unpaired) electrons. The maximum Gasteiger partial charge on any atom is 0.229 e. The van der Waals surface area contributed by atoms with Gasteiger partial charge in [-0.3, -0.25) is 4.79 Å². The molecule has 1 N–H and O–H groups in total. The van der Waals surface area contributed by atoms with Crippen LogP contribution in [0.5, 0.6) is 5.75 Å². The lowest BCUT2D eigenvalue weighted by atomic mass is 9.84. The third-order valence-electron chi connectivity index (χ3n) is 5.20. The number of carbonyl (C=O) groups is 1. The number of nitrogens with one attached hydrogen (secondary N) is 1. The summed E-state index contributed by atoms with van der Waals surface area (Å²) in [5.74, 6) is 0.837. The molecule has 4 heteroatoms. The molecule has 2 aromatic rings. The van der Waals surface area contributed by atoms with Crippen LogP contribution in [0.25, 0.3) is 0 Å². The number of rotatable bonds is 4. The number of anilines is 1. The zero-order valence-corrected chi connectivity index (χ0v) is 16.8. The van der Waals surface area contributed by atoms with E-state index in [0.717, 1.165) is 37.4 Å². The first-order valence-corrected chi connectivity index (χ1v) is 9.63. The first kappa shape index (κ1) is 19.4. The molecule has 0 bridgehead atoms. The fraction of sp³-hybridized carbons (Fsp3) is 0.435. The number of benzene rings is 2. The van der Waals surface area contributed by atoms with Crippen LogP contribution in [-0.4, -0.2) is 30.9 Å². The van der Waals surface area contributed by atoms with Gasteiger partial charge in [-0.05, 0) is 36.9 Å². The largest absolute Gasteiger partial charge is 0.482 e. The van der Waals surface area contributed by atoms with E-state index in [0.29, 0.717) is 0 Å². The molecule has 0 atom stereocenters. The molecule has 1 aliphatic rings. The van der Waals surface area contributed by atoms with E-state index in [4.69, 9.17) is 4.74 Å². The Hall–Kier alpha value is -2.33. The predicted octanol–water partition coefficient (Wildman–Crippen LogP) is 4.67. The normalized spacial score (nSPS) is 17.3. The molecule has 4 nitrogen and oxygen atoms in total. The number of piperidine rings is 1. The van der Waals surface area contributed by atoms with Gasteiger partial charge in [0.05, 0.1) is 0 Å². The maximum atomic E-state index is 12.2. The molecule has 1 fully saturated rings. The number of hydrogen-bond donors (Lipinski definition) is 1. The van der Waals surface area contributed by atoms with Crippen molar-refractivity contribution in [3.05, 3.63) is 60.2 Å². The average Bonchev–Trinajstić information content (AvgIpc) is 2.65. The van der Waals surface area contributed by atoms with Crippen LogP contribution in [0.2, 0.25) is 0 Å². The monoisotopic (exact) mass is 366 g/mol. The lowest BCUT2D eigenvalue weighted by molar-refractivity contribution is -0.123. The summed E-state index contributed by atoms with van der Waals surface area (Å²) in [7, 11) is 2.15. The van der Waals surface area contributed by atoms with E-state index in [-0.39, 0.29) is 11.5 Å². The second-order valence-corrected chi connectivity index (χ2v) is 8.49. The molecule has 1 aliphatic heterocycles. The minimum absolute atomic E-state index is 0.00671.